The monoisotopic (exact) mass is 278 g/mol. The zero-order valence-electron chi connectivity index (χ0n) is 11.7. The fourth-order valence-electron chi connectivity index (χ4n) is 4.64. The van der Waals surface area contributed by atoms with Crippen LogP contribution in [-0.4, -0.2) is 56.9 Å². The summed E-state index contributed by atoms with van der Waals surface area (Å²) in [5, 5.41) is 21.2. The molecule has 2 bridgehead atoms. The molecule has 4 atom stereocenters. The van der Waals surface area contributed by atoms with Crippen molar-refractivity contribution in [3.8, 4) is 0 Å². The van der Waals surface area contributed by atoms with Gasteiger partial charge in [0.15, 0.2) is 5.60 Å². The lowest BCUT2D eigenvalue weighted by molar-refractivity contribution is -0.190. The van der Waals surface area contributed by atoms with Crippen LogP contribution in [0.1, 0.15) is 38.5 Å². The Balaban J connectivity index is 1.77. The molecule has 0 aromatic heterocycles. The van der Waals surface area contributed by atoms with Crippen LogP contribution in [-0.2, 0) is 4.79 Å². The zero-order chi connectivity index (χ0) is 13.9. The van der Waals surface area contributed by atoms with E-state index in [0.29, 0.717) is 12.8 Å². The number of rotatable bonds is 0. The van der Waals surface area contributed by atoms with E-state index in [-0.39, 0.29) is 17.9 Å². The third-order valence-corrected chi connectivity index (χ3v) is 5.54. The van der Waals surface area contributed by atoms with Gasteiger partial charge in [-0.1, -0.05) is 12.5 Å². The molecule has 0 spiro atoms. The topological polar surface area (TPSA) is 64.0 Å². The van der Waals surface area contributed by atoms with Gasteiger partial charge in [-0.2, -0.15) is 0 Å². The summed E-state index contributed by atoms with van der Waals surface area (Å²) in [6.07, 6.45) is 6.36. The smallest absolute Gasteiger partial charge is 0.262 e. The quantitative estimate of drug-likeness (QED) is 0.674. The SMILES string of the molecule is O=C1N2C(=CCC[C@H]2O)[C@@H]2CN3CCCC[C@H]3[C@@]1(O)C2. The maximum absolute atomic E-state index is 12.8. The van der Waals surface area contributed by atoms with E-state index in [2.05, 4.69) is 11.0 Å². The normalized spacial score (nSPS) is 44.7. The number of amides is 1. The molecule has 3 saturated heterocycles. The number of nitrogens with zero attached hydrogens (tertiary/aromatic N) is 2. The maximum atomic E-state index is 12.8. The van der Waals surface area contributed by atoms with E-state index in [1.54, 1.807) is 0 Å². The second-order valence-electron chi connectivity index (χ2n) is 6.69. The molecule has 2 N–H and O–H groups in total. The molecular weight excluding hydrogens is 256 g/mol. The minimum Gasteiger partial charge on any atom is -0.378 e. The van der Waals surface area contributed by atoms with Gasteiger partial charge in [0.05, 0.1) is 0 Å². The zero-order valence-corrected chi connectivity index (χ0v) is 11.7. The van der Waals surface area contributed by atoms with E-state index in [9.17, 15) is 15.0 Å². The average Bonchev–Trinajstić information content (AvgIpc) is 2.45. The highest BCUT2D eigenvalue weighted by molar-refractivity contribution is 5.89. The first-order valence-electron chi connectivity index (χ1n) is 7.79. The van der Waals surface area contributed by atoms with E-state index in [1.165, 1.54) is 4.90 Å². The molecule has 1 amide bonds. The number of allylic oxidation sites excluding steroid dienone is 1. The highest BCUT2D eigenvalue weighted by Gasteiger charge is 2.59. The molecule has 3 fully saturated rings. The van der Waals surface area contributed by atoms with Crippen molar-refractivity contribution >= 4 is 5.91 Å². The van der Waals surface area contributed by atoms with Crippen LogP contribution in [0.25, 0.3) is 0 Å². The van der Waals surface area contributed by atoms with Crippen molar-refractivity contribution in [2.75, 3.05) is 13.1 Å². The minimum absolute atomic E-state index is 0.0596. The summed E-state index contributed by atoms with van der Waals surface area (Å²) in [5.74, 6) is -0.0919. The highest BCUT2D eigenvalue weighted by atomic mass is 16.3. The summed E-state index contributed by atoms with van der Waals surface area (Å²) in [7, 11) is 0. The van der Waals surface area contributed by atoms with Crippen molar-refractivity contribution in [1.82, 2.24) is 9.80 Å². The number of carbonyl (C=O) groups is 1. The van der Waals surface area contributed by atoms with E-state index >= 15 is 0 Å². The van der Waals surface area contributed by atoms with Crippen molar-refractivity contribution in [1.29, 1.82) is 0 Å². The van der Waals surface area contributed by atoms with Crippen molar-refractivity contribution in [3.63, 3.8) is 0 Å². The van der Waals surface area contributed by atoms with Gasteiger partial charge in [-0.25, -0.2) is 0 Å². The molecule has 0 radical (unpaired) electrons. The third kappa shape index (κ3) is 1.57. The summed E-state index contributed by atoms with van der Waals surface area (Å²) in [4.78, 5) is 16.6. The van der Waals surface area contributed by atoms with E-state index in [4.69, 9.17) is 0 Å². The fourth-order valence-corrected chi connectivity index (χ4v) is 4.64. The first-order chi connectivity index (χ1) is 9.61. The average molecular weight is 278 g/mol. The number of piperidine rings is 3. The predicted molar refractivity (Wildman–Crippen MR) is 72.4 cm³/mol. The van der Waals surface area contributed by atoms with E-state index in [1.807, 2.05) is 0 Å². The van der Waals surface area contributed by atoms with Crippen molar-refractivity contribution < 1.29 is 15.0 Å². The lowest BCUT2D eigenvalue weighted by Crippen LogP contribution is -2.72. The molecule has 0 aromatic carbocycles. The van der Waals surface area contributed by atoms with Gasteiger partial charge in [-0.05, 0) is 38.6 Å². The largest absolute Gasteiger partial charge is 0.378 e. The summed E-state index contributed by atoms with van der Waals surface area (Å²) in [6.45, 7) is 1.89. The van der Waals surface area contributed by atoms with Crippen molar-refractivity contribution in [3.05, 3.63) is 11.8 Å². The maximum Gasteiger partial charge on any atom is 0.262 e. The first kappa shape index (κ1) is 12.8. The molecule has 0 aromatic rings. The lowest BCUT2D eigenvalue weighted by atomic mass is 9.70. The molecule has 4 heterocycles. The van der Waals surface area contributed by atoms with Crippen LogP contribution >= 0.6 is 0 Å². The van der Waals surface area contributed by atoms with Gasteiger partial charge >= 0.3 is 0 Å². The molecule has 0 aliphatic carbocycles. The Morgan fingerprint density at radius 3 is 3.00 bits per heavy atom. The molecule has 20 heavy (non-hydrogen) atoms. The number of aliphatic hydroxyl groups excluding tert-OH is 1. The number of hydrogen-bond acceptors (Lipinski definition) is 4. The Labute approximate surface area is 118 Å². The van der Waals surface area contributed by atoms with Crippen LogP contribution in [0.15, 0.2) is 11.8 Å². The van der Waals surface area contributed by atoms with Crippen LogP contribution in [0.5, 0.6) is 0 Å². The van der Waals surface area contributed by atoms with Gasteiger partial charge in [0.25, 0.3) is 5.91 Å². The molecule has 5 nitrogen and oxygen atoms in total. The van der Waals surface area contributed by atoms with Gasteiger partial charge in [0.1, 0.15) is 6.23 Å². The Morgan fingerprint density at radius 1 is 1.30 bits per heavy atom. The molecule has 0 saturated carbocycles. The van der Waals surface area contributed by atoms with Crippen LogP contribution in [0.3, 0.4) is 0 Å². The van der Waals surface area contributed by atoms with Gasteiger partial charge in [-0.3, -0.25) is 14.6 Å². The van der Waals surface area contributed by atoms with Crippen molar-refractivity contribution in [2.45, 2.75) is 56.4 Å². The molecule has 110 valence electrons. The van der Waals surface area contributed by atoms with E-state index < -0.39 is 11.8 Å². The third-order valence-electron chi connectivity index (χ3n) is 5.54. The highest BCUT2D eigenvalue weighted by Crippen LogP contribution is 2.46. The fraction of sp³-hybridized carbons (Fsp3) is 0.800. The Hall–Kier alpha value is -0.910. The van der Waals surface area contributed by atoms with Gasteiger partial charge in [0.2, 0.25) is 0 Å². The Morgan fingerprint density at radius 2 is 2.15 bits per heavy atom. The number of fused-ring (bicyclic) bond motifs is 6. The van der Waals surface area contributed by atoms with E-state index in [0.717, 1.165) is 44.5 Å². The Bertz CT molecular complexity index is 478. The van der Waals surface area contributed by atoms with Gasteiger partial charge in [-0.15, -0.1) is 0 Å². The molecular formula is C15H22N2O3. The molecule has 0 unspecified atom stereocenters. The van der Waals surface area contributed by atoms with Gasteiger partial charge in [0, 0.05) is 24.2 Å². The van der Waals surface area contributed by atoms with Crippen LogP contribution in [0.2, 0.25) is 0 Å². The summed E-state index contributed by atoms with van der Waals surface area (Å²) in [5.41, 5.74) is -0.346. The summed E-state index contributed by atoms with van der Waals surface area (Å²) in [6, 6.07) is -0.0596. The second-order valence-corrected chi connectivity index (χ2v) is 6.69. The molecule has 5 heteroatoms. The first-order valence-corrected chi connectivity index (χ1v) is 7.79. The minimum atomic E-state index is -1.29. The second kappa shape index (κ2) is 4.29. The molecule has 4 rings (SSSR count). The van der Waals surface area contributed by atoms with Crippen molar-refractivity contribution in [2.24, 2.45) is 5.92 Å². The molecule has 4 aliphatic heterocycles. The predicted octanol–water partition coefficient (Wildman–Crippen LogP) is 0.430. The number of aliphatic hydroxyl groups is 2. The standard InChI is InChI=1S/C15H22N2O3/c18-13-6-3-4-11-10-8-15(20,14(19)17(11)13)12-5-1-2-7-16(12)9-10/h4,10,12-13,18,20H,1-3,5-9H2/t10-,12-,13+,15-/m0/s1. The van der Waals surface area contributed by atoms with Crippen LogP contribution in [0, 0.1) is 5.92 Å². The van der Waals surface area contributed by atoms with Crippen LogP contribution < -0.4 is 0 Å². The lowest BCUT2D eigenvalue weighted by Gasteiger charge is -2.57. The van der Waals surface area contributed by atoms with Gasteiger partial charge < -0.3 is 10.2 Å². The Kier molecular flexibility index (Phi) is 2.75. The number of carbonyl (C=O) groups excluding carboxylic acids is 1. The van der Waals surface area contributed by atoms with Crippen LogP contribution in [0.4, 0.5) is 0 Å². The number of hydrogen-bond donors (Lipinski definition) is 2. The molecule has 4 aliphatic rings. The summed E-state index contributed by atoms with van der Waals surface area (Å²) >= 11 is 0. The summed E-state index contributed by atoms with van der Waals surface area (Å²) < 4.78 is 0.